The van der Waals surface area contributed by atoms with E-state index < -0.39 is 12.6 Å². The van der Waals surface area contributed by atoms with E-state index in [-0.39, 0.29) is 18.1 Å². The second-order valence-corrected chi connectivity index (χ2v) is 6.08. The van der Waals surface area contributed by atoms with Crippen molar-refractivity contribution in [3.63, 3.8) is 0 Å². The first kappa shape index (κ1) is 18.2. The highest BCUT2D eigenvalue weighted by Crippen LogP contribution is 2.33. The van der Waals surface area contributed by atoms with Gasteiger partial charge in [-0.3, -0.25) is 4.79 Å². The molecule has 0 aliphatic carbocycles. The van der Waals surface area contributed by atoms with Gasteiger partial charge in [0.25, 0.3) is 0 Å². The molecule has 1 heterocycles. The summed E-state index contributed by atoms with van der Waals surface area (Å²) < 4.78 is 15.5. The Morgan fingerprint density at radius 1 is 1.11 bits per heavy atom. The maximum absolute atomic E-state index is 12.2. The van der Waals surface area contributed by atoms with Gasteiger partial charge in [-0.1, -0.05) is 18.2 Å². The molecule has 0 N–H and O–H groups in total. The molecular formula is C21H17NO5. The summed E-state index contributed by atoms with van der Waals surface area (Å²) in [4.78, 5) is 24.3. The Labute approximate surface area is 156 Å². The summed E-state index contributed by atoms with van der Waals surface area (Å²) in [7, 11) is 0. The molecule has 1 aliphatic rings. The van der Waals surface area contributed by atoms with Crippen LogP contribution in [0.4, 0.5) is 0 Å². The van der Waals surface area contributed by atoms with Crippen molar-refractivity contribution in [3.8, 4) is 17.6 Å². The first-order valence-electron chi connectivity index (χ1n) is 8.27. The van der Waals surface area contributed by atoms with Crippen LogP contribution in [-0.2, 0) is 9.53 Å². The summed E-state index contributed by atoms with van der Waals surface area (Å²) in [5, 5.41) is 9.24. The number of ether oxygens (including phenoxy) is 3. The summed E-state index contributed by atoms with van der Waals surface area (Å²) in [5.41, 5.74) is 2.90. The van der Waals surface area contributed by atoms with Crippen LogP contribution >= 0.6 is 0 Å². The number of Topliss-reactive ketones (excluding diaryl/α,β-unsaturated/α-hetero) is 1. The number of rotatable bonds is 5. The molecule has 3 rings (SSSR count). The van der Waals surface area contributed by atoms with Gasteiger partial charge >= 0.3 is 5.97 Å². The Balaban J connectivity index is 1.67. The second kappa shape index (κ2) is 7.75. The number of aryl methyl sites for hydroxylation is 2. The van der Waals surface area contributed by atoms with Gasteiger partial charge in [0.15, 0.2) is 23.9 Å². The zero-order chi connectivity index (χ0) is 19.4. The molecule has 0 amide bonds. The second-order valence-electron chi connectivity index (χ2n) is 6.08. The van der Waals surface area contributed by atoms with Gasteiger partial charge in [-0.15, -0.1) is 0 Å². The summed E-state index contributed by atoms with van der Waals surface area (Å²) in [6.07, 6.45) is 1.38. The van der Waals surface area contributed by atoms with Gasteiger partial charge in [0.05, 0.1) is 0 Å². The Morgan fingerprint density at radius 3 is 2.63 bits per heavy atom. The number of fused-ring (bicyclic) bond motifs is 1. The van der Waals surface area contributed by atoms with E-state index in [0.29, 0.717) is 22.6 Å². The lowest BCUT2D eigenvalue weighted by Gasteiger charge is -2.06. The van der Waals surface area contributed by atoms with Crippen LogP contribution in [0.15, 0.2) is 42.0 Å². The largest absolute Gasteiger partial charge is 0.454 e. The van der Waals surface area contributed by atoms with E-state index in [1.165, 1.54) is 6.08 Å². The van der Waals surface area contributed by atoms with E-state index in [1.807, 2.05) is 19.9 Å². The lowest BCUT2D eigenvalue weighted by molar-refractivity contribution is -0.137. The minimum Gasteiger partial charge on any atom is -0.454 e. The summed E-state index contributed by atoms with van der Waals surface area (Å²) in [6.45, 7) is 3.56. The van der Waals surface area contributed by atoms with Crippen LogP contribution in [0.2, 0.25) is 0 Å². The third-order valence-electron chi connectivity index (χ3n) is 4.21. The van der Waals surface area contributed by atoms with Crippen molar-refractivity contribution in [1.82, 2.24) is 0 Å². The summed E-state index contributed by atoms with van der Waals surface area (Å²) in [5.74, 6) is -0.0364. The standard InChI is InChI=1S/C21H17NO5/c1-13-3-5-16(7-14(13)2)18(23)11-25-21(24)17(10-22)8-15-4-6-19-20(9-15)27-12-26-19/h3-9H,11-12H2,1-2H3. The third kappa shape index (κ3) is 4.15. The molecule has 0 saturated heterocycles. The molecule has 2 aromatic carbocycles. The molecule has 136 valence electrons. The smallest absolute Gasteiger partial charge is 0.349 e. The quantitative estimate of drug-likeness (QED) is 0.350. The van der Waals surface area contributed by atoms with Crippen molar-refractivity contribution < 1.29 is 23.8 Å². The molecule has 0 unspecified atom stereocenters. The fraction of sp³-hybridized carbons (Fsp3) is 0.190. The SMILES string of the molecule is Cc1ccc(C(=O)COC(=O)C(C#N)=Cc2ccc3c(c2)OCO3)cc1C. The predicted molar refractivity (Wildman–Crippen MR) is 97.4 cm³/mol. The molecule has 0 atom stereocenters. The molecule has 6 nitrogen and oxygen atoms in total. The molecule has 0 radical (unpaired) electrons. The van der Waals surface area contributed by atoms with Gasteiger partial charge in [0.1, 0.15) is 11.6 Å². The maximum Gasteiger partial charge on any atom is 0.349 e. The summed E-state index contributed by atoms with van der Waals surface area (Å²) in [6, 6.07) is 12.1. The third-order valence-corrected chi connectivity index (χ3v) is 4.21. The molecule has 0 fully saturated rings. The molecule has 0 aromatic heterocycles. The minimum absolute atomic E-state index is 0.135. The fourth-order valence-electron chi connectivity index (χ4n) is 2.51. The van der Waals surface area contributed by atoms with Crippen LogP contribution in [0.3, 0.4) is 0 Å². The van der Waals surface area contributed by atoms with Gasteiger partial charge in [0, 0.05) is 5.56 Å². The van der Waals surface area contributed by atoms with E-state index >= 15 is 0 Å². The van der Waals surface area contributed by atoms with Gasteiger partial charge in [-0.05, 0) is 54.8 Å². The number of carbonyl (C=O) groups is 2. The molecule has 0 saturated carbocycles. The average molecular weight is 363 g/mol. The number of carbonyl (C=O) groups excluding carboxylic acids is 2. The lowest BCUT2D eigenvalue weighted by atomic mass is 10.0. The predicted octanol–water partition coefficient (Wildman–Crippen LogP) is 3.37. The van der Waals surface area contributed by atoms with Crippen molar-refractivity contribution in [2.45, 2.75) is 13.8 Å². The topological polar surface area (TPSA) is 85.6 Å². The molecule has 2 aromatic rings. The number of nitriles is 1. The maximum atomic E-state index is 12.2. The Kier molecular flexibility index (Phi) is 5.23. The molecule has 0 spiro atoms. The first-order valence-corrected chi connectivity index (χ1v) is 8.27. The first-order chi connectivity index (χ1) is 13.0. The number of hydrogen-bond donors (Lipinski definition) is 0. The van der Waals surface area contributed by atoms with Crippen LogP contribution in [0.5, 0.6) is 11.5 Å². The van der Waals surface area contributed by atoms with E-state index in [2.05, 4.69) is 0 Å². The Morgan fingerprint density at radius 2 is 1.89 bits per heavy atom. The minimum atomic E-state index is -0.854. The number of nitrogens with zero attached hydrogens (tertiary/aromatic N) is 1. The van der Waals surface area contributed by atoms with E-state index in [0.717, 1.165) is 11.1 Å². The van der Waals surface area contributed by atoms with Crippen molar-refractivity contribution in [3.05, 3.63) is 64.2 Å². The van der Waals surface area contributed by atoms with E-state index in [9.17, 15) is 14.9 Å². The van der Waals surface area contributed by atoms with Crippen molar-refractivity contribution >= 4 is 17.8 Å². The van der Waals surface area contributed by atoms with Gasteiger partial charge < -0.3 is 14.2 Å². The van der Waals surface area contributed by atoms with Crippen molar-refractivity contribution in [2.75, 3.05) is 13.4 Å². The Hall–Kier alpha value is -3.59. The molecule has 1 aliphatic heterocycles. The molecular weight excluding hydrogens is 346 g/mol. The zero-order valence-corrected chi connectivity index (χ0v) is 14.9. The normalized spacial score (nSPS) is 12.4. The summed E-state index contributed by atoms with van der Waals surface area (Å²) >= 11 is 0. The lowest BCUT2D eigenvalue weighted by Crippen LogP contribution is -2.15. The highest BCUT2D eigenvalue weighted by molar-refractivity contribution is 6.02. The van der Waals surface area contributed by atoms with Crippen LogP contribution < -0.4 is 9.47 Å². The van der Waals surface area contributed by atoms with E-state index in [1.54, 1.807) is 36.4 Å². The Bertz CT molecular complexity index is 985. The van der Waals surface area contributed by atoms with Crippen LogP contribution in [0, 0.1) is 25.2 Å². The average Bonchev–Trinajstić information content (AvgIpc) is 3.13. The van der Waals surface area contributed by atoms with Crippen molar-refractivity contribution in [2.24, 2.45) is 0 Å². The van der Waals surface area contributed by atoms with Crippen molar-refractivity contribution in [1.29, 1.82) is 5.26 Å². The zero-order valence-electron chi connectivity index (χ0n) is 14.9. The highest BCUT2D eigenvalue weighted by atomic mass is 16.7. The molecule has 6 heteroatoms. The van der Waals surface area contributed by atoms with E-state index in [4.69, 9.17) is 14.2 Å². The number of hydrogen-bond acceptors (Lipinski definition) is 6. The molecule has 0 bridgehead atoms. The molecule has 27 heavy (non-hydrogen) atoms. The van der Waals surface area contributed by atoms with Crippen LogP contribution in [-0.4, -0.2) is 25.2 Å². The van der Waals surface area contributed by atoms with Crippen LogP contribution in [0.1, 0.15) is 27.0 Å². The van der Waals surface area contributed by atoms with Crippen LogP contribution in [0.25, 0.3) is 6.08 Å². The number of esters is 1. The van der Waals surface area contributed by atoms with Gasteiger partial charge in [0.2, 0.25) is 6.79 Å². The fourth-order valence-corrected chi connectivity index (χ4v) is 2.51. The van der Waals surface area contributed by atoms with Gasteiger partial charge in [-0.25, -0.2) is 4.79 Å². The van der Waals surface area contributed by atoms with Gasteiger partial charge in [-0.2, -0.15) is 5.26 Å². The number of ketones is 1. The number of benzene rings is 2. The monoisotopic (exact) mass is 363 g/mol. The highest BCUT2D eigenvalue weighted by Gasteiger charge is 2.16.